The van der Waals surface area contributed by atoms with E-state index in [0.717, 1.165) is 24.2 Å². The molecule has 0 spiro atoms. The van der Waals surface area contributed by atoms with E-state index in [1.165, 1.54) is 0 Å². The van der Waals surface area contributed by atoms with Crippen LogP contribution < -0.4 is 15.0 Å². The Morgan fingerprint density at radius 1 is 1.11 bits per heavy atom. The highest BCUT2D eigenvalue weighted by Crippen LogP contribution is 2.22. The van der Waals surface area contributed by atoms with Gasteiger partial charge in [-0.25, -0.2) is 0 Å². The summed E-state index contributed by atoms with van der Waals surface area (Å²) in [5, 5.41) is 2.91. The summed E-state index contributed by atoms with van der Waals surface area (Å²) < 4.78 is 10.6. The summed E-state index contributed by atoms with van der Waals surface area (Å²) in [6.45, 7) is 2.02. The standard InChI is InChI=1S/C21H24N2O4/c1-26-13-14-27-19-6-3-2-5-18(19)21(25)22-15-16-8-10-17(11-9-16)23-12-4-7-20(23)24/h2-3,5-6,8-11H,4,7,12-15H2,1H3,(H,22,25). The molecule has 27 heavy (non-hydrogen) atoms. The lowest BCUT2D eigenvalue weighted by Gasteiger charge is -2.16. The van der Waals surface area contributed by atoms with Crippen molar-refractivity contribution >= 4 is 17.5 Å². The Hall–Kier alpha value is -2.86. The van der Waals surface area contributed by atoms with Crippen LogP contribution in [0.5, 0.6) is 5.75 Å². The Labute approximate surface area is 159 Å². The number of methoxy groups -OCH3 is 1. The third-order valence-corrected chi connectivity index (χ3v) is 4.45. The molecule has 0 bridgehead atoms. The maximum Gasteiger partial charge on any atom is 0.255 e. The molecule has 1 N–H and O–H groups in total. The van der Waals surface area contributed by atoms with Crippen LogP contribution in [-0.4, -0.2) is 38.7 Å². The third kappa shape index (κ3) is 4.86. The zero-order chi connectivity index (χ0) is 19.1. The first kappa shape index (κ1) is 18.9. The van der Waals surface area contributed by atoms with Gasteiger partial charge in [0, 0.05) is 32.3 Å². The Bertz CT molecular complexity index is 789. The second-order valence-electron chi connectivity index (χ2n) is 6.34. The van der Waals surface area contributed by atoms with Gasteiger partial charge in [0.1, 0.15) is 12.4 Å². The Kier molecular flexibility index (Phi) is 6.44. The molecule has 6 nitrogen and oxygen atoms in total. The number of nitrogens with one attached hydrogen (secondary N) is 1. The van der Waals surface area contributed by atoms with Crippen molar-refractivity contribution in [2.24, 2.45) is 0 Å². The number of carbonyl (C=O) groups excluding carboxylic acids is 2. The highest BCUT2D eigenvalue weighted by molar-refractivity contribution is 5.97. The van der Waals surface area contributed by atoms with E-state index in [-0.39, 0.29) is 11.8 Å². The number of ether oxygens (including phenoxy) is 2. The first-order valence-corrected chi connectivity index (χ1v) is 9.07. The Morgan fingerprint density at radius 3 is 2.59 bits per heavy atom. The lowest BCUT2D eigenvalue weighted by molar-refractivity contribution is -0.117. The van der Waals surface area contributed by atoms with Crippen LogP contribution in [0, 0.1) is 0 Å². The number of para-hydroxylation sites is 1. The molecule has 0 aromatic heterocycles. The Morgan fingerprint density at radius 2 is 1.89 bits per heavy atom. The van der Waals surface area contributed by atoms with Crippen molar-refractivity contribution in [3.05, 3.63) is 59.7 Å². The SMILES string of the molecule is COCCOc1ccccc1C(=O)NCc1ccc(N2CCCC2=O)cc1. The molecule has 142 valence electrons. The van der Waals surface area contributed by atoms with Crippen LogP contribution in [0.4, 0.5) is 5.69 Å². The summed E-state index contributed by atoms with van der Waals surface area (Å²) in [5.74, 6) is 0.512. The molecular weight excluding hydrogens is 344 g/mol. The van der Waals surface area contributed by atoms with E-state index >= 15 is 0 Å². The molecule has 0 aliphatic carbocycles. The number of nitrogens with zero attached hydrogens (tertiary/aromatic N) is 1. The van der Waals surface area contributed by atoms with Crippen LogP contribution in [-0.2, 0) is 16.1 Å². The van der Waals surface area contributed by atoms with E-state index in [0.29, 0.717) is 37.5 Å². The number of rotatable bonds is 8. The van der Waals surface area contributed by atoms with E-state index in [2.05, 4.69) is 5.32 Å². The maximum atomic E-state index is 12.5. The summed E-state index contributed by atoms with van der Waals surface area (Å²) in [6.07, 6.45) is 1.52. The molecule has 0 atom stereocenters. The van der Waals surface area contributed by atoms with Gasteiger partial charge in [-0.1, -0.05) is 24.3 Å². The van der Waals surface area contributed by atoms with Gasteiger partial charge in [0.05, 0.1) is 12.2 Å². The molecule has 0 unspecified atom stereocenters. The summed E-state index contributed by atoms with van der Waals surface area (Å²) >= 11 is 0. The van der Waals surface area contributed by atoms with Crippen molar-refractivity contribution < 1.29 is 19.1 Å². The predicted molar refractivity (Wildman–Crippen MR) is 103 cm³/mol. The molecule has 1 heterocycles. The van der Waals surface area contributed by atoms with E-state index in [1.807, 2.05) is 30.3 Å². The predicted octanol–water partition coefficient (Wildman–Crippen LogP) is 2.77. The van der Waals surface area contributed by atoms with Crippen molar-refractivity contribution in [2.45, 2.75) is 19.4 Å². The minimum absolute atomic E-state index is 0.168. The number of carbonyl (C=O) groups is 2. The fraction of sp³-hybridized carbons (Fsp3) is 0.333. The molecule has 0 saturated carbocycles. The van der Waals surface area contributed by atoms with Gasteiger partial charge < -0.3 is 19.7 Å². The molecule has 0 radical (unpaired) electrons. The molecular formula is C21H24N2O4. The van der Waals surface area contributed by atoms with Gasteiger partial charge in [0.25, 0.3) is 5.91 Å². The highest BCUT2D eigenvalue weighted by Gasteiger charge is 2.21. The van der Waals surface area contributed by atoms with Gasteiger partial charge in [-0.2, -0.15) is 0 Å². The van der Waals surface area contributed by atoms with Crippen molar-refractivity contribution in [1.82, 2.24) is 5.32 Å². The number of amides is 2. The number of benzene rings is 2. The first-order valence-electron chi connectivity index (χ1n) is 9.07. The fourth-order valence-corrected chi connectivity index (χ4v) is 3.01. The quantitative estimate of drug-likeness (QED) is 0.728. The van der Waals surface area contributed by atoms with E-state index in [1.54, 1.807) is 30.2 Å². The lowest BCUT2D eigenvalue weighted by Crippen LogP contribution is -2.24. The Balaban J connectivity index is 1.58. The molecule has 2 aromatic rings. The number of hydrogen-bond donors (Lipinski definition) is 1. The van der Waals surface area contributed by atoms with Crippen LogP contribution in [0.25, 0.3) is 0 Å². The van der Waals surface area contributed by atoms with Crippen molar-refractivity contribution in [2.75, 3.05) is 31.8 Å². The average molecular weight is 368 g/mol. The summed E-state index contributed by atoms with van der Waals surface area (Å²) in [6, 6.07) is 14.9. The molecule has 1 aliphatic heterocycles. The molecule has 2 aromatic carbocycles. The van der Waals surface area contributed by atoms with Crippen LogP contribution in [0.1, 0.15) is 28.8 Å². The second-order valence-corrected chi connectivity index (χ2v) is 6.34. The monoisotopic (exact) mass is 368 g/mol. The van der Waals surface area contributed by atoms with E-state index in [4.69, 9.17) is 9.47 Å². The molecule has 1 fully saturated rings. The zero-order valence-electron chi connectivity index (χ0n) is 15.4. The number of anilines is 1. The normalized spacial score (nSPS) is 13.7. The molecule has 3 rings (SSSR count). The first-order chi connectivity index (χ1) is 13.2. The summed E-state index contributed by atoms with van der Waals surface area (Å²) in [5.41, 5.74) is 2.37. The van der Waals surface area contributed by atoms with Crippen LogP contribution in [0.2, 0.25) is 0 Å². The fourth-order valence-electron chi connectivity index (χ4n) is 3.01. The van der Waals surface area contributed by atoms with Crippen LogP contribution in [0.15, 0.2) is 48.5 Å². The van der Waals surface area contributed by atoms with Gasteiger partial charge in [0.2, 0.25) is 5.91 Å². The topological polar surface area (TPSA) is 67.9 Å². The van der Waals surface area contributed by atoms with Crippen molar-refractivity contribution in [3.63, 3.8) is 0 Å². The minimum Gasteiger partial charge on any atom is -0.490 e. The molecule has 1 saturated heterocycles. The maximum absolute atomic E-state index is 12.5. The van der Waals surface area contributed by atoms with E-state index < -0.39 is 0 Å². The van der Waals surface area contributed by atoms with Gasteiger partial charge in [-0.15, -0.1) is 0 Å². The van der Waals surface area contributed by atoms with Crippen molar-refractivity contribution in [1.29, 1.82) is 0 Å². The van der Waals surface area contributed by atoms with Gasteiger partial charge in [0.15, 0.2) is 0 Å². The minimum atomic E-state index is -0.193. The van der Waals surface area contributed by atoms with Gasteiger partial charge in [-0.3, -0.25) is 9.59 Å². The summed E-state index contributed by atoms with van der Waals surface area (Å²) in [4.78, 5) is 26.1. The van der Waals surface area contributed by atoms with Gasteiger partial charge >= 0.3 is 0 Å². The third-order valence-electron chi connectivity index (χ3n) is 4.45. The summed E-state index contributed by atoms with van der Waals surface area (Å²) in [7, 11) is 1.60. The zero-order valence-corrected chi connectivity index (χ0v) is 15.4. The smallest absolute Gasteiger partial charge is 0.255 e. The average Bonchev–Trinajstić information content (AvgIpc) is 3.13. The van der Waals surface area contributed by atoms with Gasteiger partial charge in [-0.05, 0) is 36.2 Å². The molecule has 6 heteroatoms. The number of hydrogen-bond acceptors (Lipinski definition) is 4. The molecule has 1 aliphatic rings. The molecule has 2 amide bonds. The highest BCUT2D eigenvalue weighted by atomic mass is 16.5. The lowest BCUT2D eigenvalue weighted by atomic mass is 10.1. The van der Waals surface area contributed by atoms with E-state index in [9.17, 15) is 9.59 Å². The van der Waals surface area contributed by atoms with Crippen LogP contribution in [0.3, 0.4) is 0 Å². The van der Waals surface area contributed by atoms with Crippen LogP contribution >= 0.6 is 0 Å². The second kappa shape index (κ2) is 9.19. The van der Waals surface area contributed by atoms with Crippen molar-refractivity contribution in [3.8, 4) is 5.75 Å². The largest absolute Gasteiger partial charge is 0.490 e.